The highest BCUT2D eigenvalue weighted by Crippen LogP contribution is 2.19. The van der Waals surface area contributed by atoms with Crippen molar-refractivity contribution in [3.63, 3.8) is 0 Å². The molecule has 2 aromatic rings. The topological polar surface area (TPSA) is 61.0 Å². The first-order valence-corrected chi connectivity index (χ1v) is 4.69. The normalized spacial score (nSPS) is 10.1. The summed E-state index contributed by atoms with van der Waals surface area (Å²) in [5.41, 5.74) is 5.78. The molecule has 0 aliphatic carbocycles. The molecule has 1 heterocycles. The Balaban J connectivity index is 2.05. The van der Waals surface area contributed by atoms with Crippen LogP contribution in [0, 0.1) is 5.82 Å². The lowest BCUT2D eigenvalue weighted by molar-refractivity contribution is 0.281. The van der Waals surface area contributed by atoms with Gasteiger partial charge in [-0.15, -0.1) is 0 Å². The molecule has 0 atom stereocenters. The molecule has 0 aliphatic heterocycles. The summed E-state index contributed by atoms with van der Waals surface area (Å²) in [7, 11) is 0. The first-order valence-electron chi connectivity index (χ1n) is 4.69. The Kier molecular flexibility index (Phi) is 2.95. The fourth-order valence-electron chi connectivity index (χ4n) is 1.18. The summed E-state index contributed by atoms with van der Waals surface area (Å²) in [6.07, 6.45) is 3.20. The molecular weight excluding hydrogens is 209 g/mol. The van der Waals surface area contributed by atoms with Crippen molar-refractivity contribution in [3.8, 4) is 5.75 Å². The van der Waals surface area contributed by atoms with E-state index in [0.29, 0.717) is 11.5 Å². The minimum Gasteiger partial charge on any atom is -0.483 e. The minimum atomic E-state index is -0.490. The third-order valence-corrected chi connectivity index (χ3v) is 1.93. The van der Waals surface area contributed by atoms with E-state index in [-0.39, 0.29) is 12.4 Å². The van der Waals surface area contributed by atoms with Gasteiger partial charge in [0, 0.05) is 24.1 Å². The van der Waals surface area contributed by atoms with Crippen LogP contribution >= 0.6 is 0 Å². The van der Waals surface area contributed by atoms with E-state index in [1.54, 1.807) is 24.5 Å². The second kappa shape index (κ2) is 4.57. The lowest BCUT2D eigenvalue weighted by Gasteiger charge is -2.06. The van der Waals surface area contributed by atoms with Crippen molar-refractivity contribution in [2.45, 2.75) is 6.61 Å². The Morgan fingerprint density at radius 3 is 2.69 bits per heavy atom. The maximum absolute atomic E-state index is 13.3. The van der Waals surface area contributed by atoms with Gasteiger partial charge in [-0.05, 0) is 18.2 Å². The standard InChI is InChI=1S/C11H10FN3O/c12-9-6-8(13)2-3-10(9)16-7-11-14-4-1-5-15-11/h1-6H,7,13H2. The summed E-state index contributed by atoms with van der Waals surface area (Å²) in [6, 6.07) is 5.96. The third kappa shape index (κ3) is 2.44. The maximum Gasteiger partial charge on any atom is 0.167 e. The number of halogens is 1. The smallest absolute Gasteiger partial charge is 0.167 e. The summed E-state index contributed by atoms with van der Waals surface area (Å²) in [5, 5.41) is 0. The van der Waals surface area contributed by atoms with E-state index in [2.05, 4.69) is 9.97 Å². The number of benzene rings is 1. The molecule has 0 fully saturated rings. The molecule has 0 spiro atoms. The third-order valence-electron chi connectivity index (χ3n) is 1.93. The molecule has 0 unspecified atom stereocenters. The molecule has 0 saturated carbocycles. The number of hydrogen-bond acceptors (Lipinski definition) is 4. The molecule has 4 nitrogen and oxygen atoms in total. The lowest BCUT2D eigenvalue weighted by atomic mass is 10.3. The quantitative estimate of drug-likeness (QED) is 0.799. The molecule has 0 amide bonds. The van der Waals surface area contributed by atoms with E-state index in [1.807, 2.05) is 0 Å². The second-order valence-electron chi connectivity index (χ2n) is 3.14. The number of nitrogens with two attached hydrogens (primary N) is 1. The Morgan fingerprint density at radius 1 is 1.25 bits per heavy atom. The number of nitrogen functional groups attached to an aromatic ring is 1. The van der Waals surface area contributed by atoms with Crippen LogP contribution in [-0.2, 0) is 6.61 Å². The van der Waals surface area contributed by atoms with E-state index < -0.39 is 5.82 Å². The maximum atomic E-state index is 13.3. The first-order chi connectivity index (χ1) is 7.75. The van der Waals surface area contributed by atoms with Crippen molar-refractivity contribution in [1.82, 2.24) is 9.97 Å². The summed E-state index contributed by atoms with van der Waals surface area (Å²) in [4.78, 5) is 7.92. The SMILES string of the molecule is Nc1ccc(OCc2ncccn2)c(F)c1. The van der Waals surface area contributed by atoms with Crippen molar-refractivity contribution >= 4 is 5.69 Å². The van der Waals surface area contributed by atoms with Gasteiger partial charge in [0.25, 0.3) is 0 Å². The molecule has 1 aromatic heterocycles. The van der Waals surface area contributed by atoms with Gasteiger partial charge in [0.15, 0.2) is 17.4 Å². The number of aromatic nitrogens is 2. The second-order valence-corrected chi connectivity index (χ2v) is 3.14. The van der Waals surface area contributed by atoms with E-state index in [0.717, 1.165) is 0 Å². The number of rotatable bonds is 3. The van der Waals surface area contributed by atoms with Gasteiger partial charge in [0.1, 0.15) is 6.61 Å². The number of nitrogens with zero attached hydrogens (tertiary/aromatic N) is 2. The van der Waals surface area contributed by atoms with Crippen LogP contribution in [0.5, 0.6) is 5.75 Å². The largest absolute Gasteiger partial charge is 0.483 e. The van der Waals surface area contributed by atoms with Crippen molar-refractivity contribution in [2.75, 3.05) is 5.73 Å². The van der Waals surface area contributed by atoms with Crippen LogP contribution in [-0.4, -0.2) is 9.97 Å². The minimum absolute atomic E-state index is 0.127. The lowest BCUT2D eigenvalue weighted by Crippen LogP contribution is -2.01. The Hall–Kier alpha value is -2.17. The van der Waals surface area contributed by atoms with Crippen LogP contribution < -0.4 is 10.5 Å². The molecule has 82 valence electrons. The van der Waals surface area contributed by atoms with Gasteiger partial charge in [-0.1, -0.05) is 0 Å². The molecule has 0 saturated heterocycles. The van der Waals surface area contributed by atoms with Gasteiger partial charge in [0.2, 0.25) is 0 Å². The fourth-order valence-corrected chi connectivity index (χ4v) is 1.18. The number of hydrogen-bond donors (Lipinski definition) is 1. The van der Waals surface area contributed by atoms with Gasteiger partial charge >= 0.3 is 0 Å². The molecule has 5 heteroatoms. The molecule has 2 rings (SSSR count). The summed E-state index contributed by atoms with van der Waals surface area (Å²) in [5.74, 6) is 0.149. The van der Waals surface area contributed by atoms with Gasteiger partial charge < -0.3 is 10.5 Å². The Bertz CT molecular complexity index is 476. The van der Waals surface area contributed by atoms with E-state index in [1.165, 1.54) is 12.1 Å². The first kappa shape index (κ1) is 10.4. The van der Waals surface area contributed by atoms with Crippen molar-refractivity contribution in [2.24, 2.45) is 0 Å². The highest BCUT2D eigenvalue weighted by molar-refractivity contribution is 5.42. The zero-order valence-corrected chi connectivity index (χ0v) is 8.43. The van der Waals surface area contributed by atoms with Crippen LogP contribution in [0.1, 0.15) is 5.82 Å². The molecular formula is C11H10FN3O. The van der Waals surface area contributed by atoms with Crippen LogP contribution in [0.4, 0.5) is 10.1 Å². The molecule has 2 N–H and O–H groups in total. The number of anilines is 1. The monoisotopic (exact) mass is 219 g/mol. The molecule has 0 radical (unpaired) electrons. The summed E-state index contributed by atoms with van der Waals surface area (Å²) in [6.45, 7) is 0.127. The summed E-state index contributed by atoms with van der Waals surface area (Å²) >= 11 is 0. The predicted octanol–water partition coefficient (Wildman–Crippen LogP) is 1.78. The number of ether oxygens (including phenoxy) is 1. The van der Waals surface area contributed by atoms with Crippen LogP contribution in [0.3, 0.4) is 0 Å². The fraction of sp³-hybridized carbons (Fsp3) is 0.0909. The Labute approximate surface area is 91.9 Å². The van der Waals surface area contributed by atoms with Gasteiger partial charge in [-0.25, -0.2) is 14.4 Å². The van der Waals surface area contributed by atoms with Crippen LogP contribution in [0.25, 0.3) is 0 Å². The molecule has 1 aromatic carbocycles. The highest BCUT2D eigenvalue weighted by Gasteiger charge is 2.04. The highest BCUT2D eigenvalue weighted by atomic mass is 19.1. The van der Waals surface area contributed by atoms with Crippen LogP contribution in [0.15, 0.2) is 36.7 Å². The zero-order chi connectivity index (χ0) is 11.4. The average molecular weight is 219 g/mol. The molecule has 0 aliphatic rings. The van der Waals surface area contributed by atoms with Crippen molar-refractivity contribution in [3.05, 3.63) is 48.3 Å². The van der Waals surface area contributed by atoms with E-state index in [4.69, 9.17) is 10.5 Å². The van der Waals surface area contributed by atoms with Gasteiger partial charge in [-0.3, -0.25) is 0 Å². The van der Waals surface area contributed by atoms with Gasteiger partial charge in [0.05, 0.1) is 0 Å². The summed E-state index contributed by atoms with van der Waals surface area (Å²) < 4.78 is 18.5. The van der Waals surface area contributed by atoms with Crippen molar-refractivity contribution in [1.29, 1.82) is 0 Å². The average Bonchev–Trinajstić information content (AvgIpc) is 2.29. The molecule has 16 heavy (non-hydrogen) atoms. The van der Waals surface area contributed by atoms with Crippen LogP contribution in [0.2, 0.25) is 0 Å². The molecule has 0 bridgehead atoms. The zero-order valence-electron chi connectivity index (χ0n) is 8.43. The van der Waals surface area contributed by atoms with E-state index in [9.17, 15) is 4.39 Å². The van der Waals surface area contributed by atoms with E-state index >= 15 is 0 Å². The van der Waals surface area contributed by atoms with Crippen molar-refractivity contribution < 1.29 is 9.13 Å². The van der Waals surface area contributed by atoms with Gasteiger partial charge in [-0.2, -0.15) is 0 Å². The Morgan fingerprint density at radius 2 is 2.00 bits per heavy atom. The predicted molar refractivity (Wildman–Crippen MR) is 57.2 cm³/mol.